The summed E-state index contributed by atoms with van der Waals surface area (Å²) in [6.07, 6.45) is -5.37. The lowest BCUT2D eigenvalue weighted by molar-refractivity contribution is -0.139. The molecule has 6 heteroatoms. The molecule has 0 aromatic carbocycles. The Balaban J connectivity index is 3.16. The van der Waals surface area contributed by atoms with Crippen molar-refractivity contribution in [3.05, 3.63) is 29.6 Å². The second kappa shape index (κ2) is 3.91. The number of pyridine rings is 1. The fourth-order valence-electron chi connectivity index (χ4n) is 1.02. The fraction of sp³-hybridized carbons (Fsp3) is 0.375. The monoisotopic (exact) mass is 208 g/mol. The number of nitrogens with two attached hydrogens (primary N) is 1. The molecule has 1 atom stereocenters. The number of halogens is 4. The first-order chi connectivity index (χ1) is 6.46. The third-order valence-electron chi connectivity index (χ3n) is 1.65. The van der Waals surface area contributed by atoms with Crippen LogP contribution in [-0.2, 0) is 6.18 Å². The smallest absolute Gasteiger partial charge is 0.327 e. The van der Waals surface area contributed by atoms with Crippen LogP contribution in [0.3, 0.4) is 0 Å². The largest absolute Gasteiger partial charge is 0.418 e. The van der Waals surface area contributed by atoms with Gasteiger partial charge in [-0.05, 0) is 12.1 Å². The van der Waals surface area contributed by atoms with Crippen molar-refractivity contribution in [3.8, 4) is 0 Å². The Kier molecular flexibility index (Phi) is 3.05. The standard InChI is InChI=1S/C8H8F4N2/c9-6(4-13)7-5(8(10,11)12)2-1-3-14-7/h1-3,6H,4,13H2. The Bertz CT molecular complexity index is 310. The van der Waals surface area contributed by atoms with Crippen LogP contribution in [0.1, 0.15) is 17.4 Å². The molecule has 1 rings (SSSR count). The molecule has 0 amide bonds. The quantitative estimate of drug-likeness (QED) is 0.755. The molecule has 0 saturated heterocycles. The molecule has 0 bridgehead atoms. The van der Waals surface area contributed by atoms with E-state index in [2.05, 4.69) is 4.98 Å². The normalized spacial score (nSPS) is 14.1. The average molecular weight is 208 g/mol. The van der Waals surface area contributed by atoms with Crippen molar-refractivity contribution in [2.45, 2.75) is 12.3 Å². The van der Waals surface area contributed by atoms with Crippen molar-refractivity contribution >= 4 is 0 Å². The van der Waals surface area contributed by atoms with Crippen LogP contribution in [0.25, 0.3) is 0 Å². The maximum absolute atomic E-state index is 13.0. The zero-order chi connectivity index (χ0) is 10.8. The Labute approximate surface area is 77.7 Å². The Morgan fingerprint density at radius 2 is 2.07 bits per heavy atom. The summed E-state index contributed by atoms with van der Waals surface area (Å²) >= 11 is 0. The lowest BCUT2D eigenvalue weighted by Crippen LogP contribution is -2.16. The summed E-state index contributed by atoms with van der Waals surface area (Å²) in [4.78, 5) is 3.34. The average Bonchev–Trinajstić information content (AvgIpc) is 2.15. The molecule has 1 aromatic heterocycles. The van der Waals surface area contributed by atoms with Gasteiger partial charge in [0, 0.05) is 12.7 Å². The van der Waals surface area contributed by atoms with E-state index in [1.807, 2.05) is 0 Å². The van der Waals surface area contributed by atoms with Gasteiger partial charge in [0.2, 0.25) is 0 Å². The van der Waals surface area contributed by atoms with Crippen molar-refractivity contribution in [1.82, 2.24) is 4.98 Å². The van der Waals surface area contributed by atoms with Gasteiger partial charge >= 0.3 is 6.18 Å². The molecule has 0 spiro atoms. The first-order valence-corrected chi connectivity index (χ1v) is 3.83. The van der Waals surface area contributed by atoms with Gasteiger partial charge in [-0.3, -0.25) is 4.98 Å². The Hall–Kier alpha value is -1.17. The highest BCUT2D eigenvalue weighted by Crippen LogP contribution is 2.33. The van der Waals surface area contributed by atoms with Crippen LogP contribution >= 0.6 is 0 Å². The predicted molar refractivity (Wildman–Crippen MR) is 42.1 cm³/mol. The van der Waals surface area contributed by atoms with Crippen LogP contribution in [-0.4, -0.2) is 11.5 Å². The third kappa shape index (κ3) is 2.20. The molecular weight excluding hydrogens is 200 g/mol. The van der Waals surface area contributed by atoms with E-state index < -0.39 is 30.2 Å². The number of alkyl halides is 4. The highest BCUT2D eigenvalue weighted by Gasteiger charge is 2.35. The van der Waals surface area contributed by atoms with E-state index in [1.165, 1.54) is 0 Å². The van der Waals surface area contributed by atoms with Crippen molar-refractivity contribution in [1.29, 1.82) is 0 Å². The van der Waals surface area contributed by atoms with E-state index in [0.29, 0.717) is 0 Å². The summed E-state index contributed by atoms with van der Waals surface area (Å²) in [5.41, 5.74) is 3.21. The second-order valence-corrected chi connectivity index (χ2v) is 2.64. The molecule has 78 valence electrons. The first-order valence-electron chi connectivity index (χ1n) is 3.83. The van der Waals surface area contributed by atoms with E-state index >= 15 is 0 Å². The van der Waals surface area contributed by atoms with Gasteiger partial charge in [-0.1, -0.05) is 0 Å². The highest BCUT2D eigenvalue weighted by atomic mass is 19.4. The number of hydrogen-bond donors (Lipinski definition) is 1. The molecular formula is C8H8F4N2. The van der Waals surface area contributed by atoms with E-state index in [4.69, 9.17) is 5.73 Å². The van der Waals surface area contributed by atoms with Crippen molar-refractivity contribution in [3.63, 3.8) is 0 Å². The predicted octanol–water partition coefficient (Wildman–Crippen LogP) is 2.07. The second-order valence-electron chi connectivity index (χ2n) is 2.64. The minimum absolute atomic E-state index is 0.514. The maximum Gasteiger partial charge on any atom is 0.418 e. The molecule has 1 heterocycles. The highest BCUT2D eigenvalue weighted by molar-refractivity contribution is 5.25. The van der Waals surface area contributed by atoms with Crippen LogP contribution < -0.4 is 5.73 Å². The van der Waals surface area contributed by atoms with Gasteiger partial charge < -0.3 is 5.73 Å². The number of rotatable bonds is 2. The molecule has 1 aromatic rings. The SMILES string of the molecule is NCC(F)c1ncccc1C(F)(F)F. The molecule has 2 N–H and O–H groups in total. The molecule has 14 heavy (non-hydrogen) atoms. The molecule has 1 unspecified atom stereocenters. The molecule has 0 radical (unpaired) electrons. The van der Waals surface area contributed by atoms with Crippen LogP contribution in [0.5, 0.6) is 0 Å². The van der Waals surface area contributed by atoms with Crippen molar-refractivity contribution in [2.75, 3.05) is 6.54 Å². The van der Waals surface area contributed by atoms with Crippen molar-refractivity contribution in [2.24, 2.45) is 5.73 Å². The summed E-state index contributed by atoms with van der Waals surface area (Å²) in [5, 5.41) is 0. The van der Waals surface area contributed by atoms with E-state index in [1.54, 1.807) is 0 Å². The Morgan fingerprint density at radius 3 is 2.57 bits per heavy atom. The summed E-state index contributed by atoms with van der Waals surface area (Å²) in [6, 6.07) is 1.89. The molecule has 0 fully saturated rings. The van der Waals surface area contributed by atoms with Crippen LogP contribution in [0.2, 0.25) is 0 Å². The third-order valence-corrected chi connectivity index (χ3v) is 1.65. The number of nitrogens with zero attached hydrogens (tertiary/aromatic N) is 1. The van der Waals surface area contributed by atoms with Crippen LogP contribution in [0.15, 0.2) is 18.3 Å². The summed E-state index contributed by atoms with van der Waals surface area (Å²) in [5.74, 6) is 0. The number of hydrogen-bond acceptors (Lipinski definition) is 2. The van der Waals surface area contributed by atoms with Crippen molar-refractivity contribution < 1.29 is 17.6 Å². The number of aromatic nitrogens is 1. The van der Waals surface area contributed by atoms with Gasteiger partial charge in [0.1, 0.15) is 0 Å². The van der Waals surface area contributed by atoms with E-state index in [9.17, 15) is 17.6 Å². The summed E-state index contributed by atoms with van der Waals surface area (Å²) in [7, 11) is 0. The first kappa shape index (κ1) is 10.9. The fourth-order valence-corrected chi connectivity index (χ4v) is 1.02. The zero-order valence-corrected chi connectivity index (χ0v) is 7.05. The van der Waals surface area contributed by atoms with E-state index in [0.717, 1.165) is 18.3 Å². The minimum atomic E-state index is -4.59. The summed E-state index contributed by atoms with van der Waals surface area (Å²) in [6.45, 7) is -0.514. The van der Waals surface area contributed by atoms with E-state index in [-0.39, 0.29) is 0 Å². The molecule has 0 saturated carbocycles. The Morgan fingerprint density at radius 1 is 1.43 bits per heavy atom. The van der Waals surface area contributed by atoms with Gasteiger partial charge in [-0.15, -0.1) is 0 Å². The van der Waals surface area contributed by atoms with Gasteiger partial charge in [-0.25, -0.2) is 4.39 Å². The molecule has 0 aliphatic carbocycles. The zero-order valence-electron chi connectivity index (χ0n) is 7.05. The lowest BCUT2D eigenvalue weighted by atomic mass is 10.1. The lowest BCUT2D eigenvalue weighted by Gasteiger charge is -2.13. The molecule has 2 nitrogen and oxygen atoms in total. The van der Waals surface area contributed by atoms with Crippen LogP contribution in [0.4, 0.5) is 17.6 Å². The minimum Gasteiger partial charge on any atom is -0.327 e. The topological polar surface area (TPSA) is 38.9 Å². The van der Waals surface area contributed by atoms with Crippen LogP contribution in [0, 0.1) is 0 Å². The van der Waals surface area contributed by atoms with Gasteiger partial charge in [0.05, 0.1) is 11.3 Å². The molecule has 0 aliphatic heterocycles. The van der Waals surface area contributed by atoms with Gasteiger partial charge in [0.15, 0.2) is 6.17 Å². The molecule has 0 aliphatic rings. The maximum atomic E-state index is 13.0. The van der Waals surface area contributed by atoms with Gasteiger partial charge in [-0.2, -0.15) is 13.2 Å². The summed E-state index contributed by atoms with van der Waals surface area (Å²) < 4.78 is 49.9. The van der Waals surface area contributed by atoms with Gasteiger partial charge in [0.25, 0.3) is 0 Å².